The van der Waals surface area contributed by atoms with E-state index in [2.05, 4.69) is 87.2 Å². The Balaban J connectivity index is 0.934. The number of nitrogens with one attached hydrogen (secondary N) is 3. The molecule has 8 nitrogen and oxygen atoms in total. The molecule has 3 aromatic rings. The molecular weight excluding hydrogens is 534 g/mol. The Morgan fingerprint density at radius 2 is 1.51 bits per heavy atom. The standard InChI is InChI=1S/C35H43N7O/c1-35(2,36)34(43)42-27-15-13-25(17-27)31(42)33-38-19-29(40-33)23-10-6-21(7-11-23)20-4-8-22(9-5-20)28-18-37-32(39-28)30-24-12-14-26(16-24)41(30)3/h4-11,18-19,24-27,30-31,33,38,40H,12-17,36H2,1-3H3,(H,37,39). The summed E-state index contributed by atoms with van der Waals surface area (Å²) in [6.45, 7) is 3.64. The molecule has 2 aromatic carbocycles. The van der Waals surface area contributed by atoms with Gasteiger partial charge in [0, 0.05) is 18.3 Å². The van der Waals surface area contributed by atoms with Crippen LogP contribution in [0.15, 0.2) is 60.9 Å². The highest BCUT2D eigenvalue weighted by molar-refractivity contribution is 5.86. The first kappa shape index (κ1) is 27.0. The van der Waals surface area contributed by atoms with Crippen molar-refractivity contribution in [2.45, 2.75) is 88.2 Å². The average Bonchev–Trinajstić information content (AvgIpc) is 3.85. The van der Waals surface area contributed by atoms with Crippen LogP contribution in [-0.4, -0.2) is 62.6 Å². The van der Waals surface area contributed by atoms with E-state index in [0.29, 0.717) is 18.0 Å². The topological polar surface area (TPSA) is 102 Å². The predicted octanol–water partition coefficient (Wildman–Crippen LogP) is 4.83. The molecule has 2 saturated carbocycles. The smallest absolute Gasteiger partial charge is 0.242 e. The molecule has 5 N–H and O–H groups in total. The third-order valence-corrected chi connectivity index (χ3v) is 11.0. The highest BCUT2D eigenvalue weighted by atomic mass is 16.2. The number of imidazole rings is 1. The lowest BCUT2D eigenvalue weighted by Crippen LogP contribution is -2.62. The van der Waals surface area contributed by atoms with Gasteiger partial charge in [-0.1, -0.05) is 48.5 Å². The van der Waals surface area contributed by atoms with Crippen molar-refractivity contribution in [1.29, 1.82) is 0 Å². The summed E-state index contributed by atoms with van der Waals surface area (Å²) in [7, 11) is 2.25. The summed E-state index contributed by atoms with van der Waals surface area (Å²) in [5.74, 6) is 2.40. The lowest BCUT2D eigenvalue weighted by atomic mass is 9.93. The quantitative estimate of drug-likeness (QED) is 0.335. The van der Waals surface area contributed by atoms with Gasteiger partial charge in [-0.05, 0) is 93.5 Å². The number of aromatic nitrogens is 2. The van der Waals surface area contributed by atoms with Crippen molar-refractivity contribution in [3.8, 4) is 22.4 Å². The minimum absolute atomic E-state index is 0.00367. The fourth-order valence-corrected chi connectivity index (χ4v) is 8.81. The molecule has 4 bridgehead atoms. The summed E-state index contributed by atoms with van der Waals surface area (Å²) in [4.78, 5) is 26.3. The molecule has 0 radical (unpaired) electrons. The van der Waals surface area contributed by atoms with Crippen molar-refractivity contribution in [1.82, 2.24) is 30.4 Å². The number of piperidine rings is 2. The van der Waals surface area contributed by atoms with Crippen LogP contribution in [0, 0.1) is 11.8 Å². The molecule has 4 fully saturated rings. The number of carbonyl (C=O) groups is 1. The molecule has 8 rings (SSSR count). The summed E-state index contributed by atoms with van der Waals surface area (Å²) in [5, 5.41) is 7.24. The monoisotopic (exact) mass is 577 g/mol. The Morgan fingerprint density at radius 3 is 2.19 bits per heavy atom. The van der Waals surface area contributed by atoms with Gasteiger partial charge in [-0.2, -0.15) is 0 Å². The molecule has 224 valence electrons. The van der Waals surface area contributed by atoms with Crippen molar-refractivity contribution in [3.63, 3.8) is 0 Å². The number of benzene rings is 2. The molecule has 7 unspecified atom stereocenters. The lowest BCUT2D eigenvalue weighted by molar-refractivity contribution is -0.141. The second kappa shape index (κ2) is 9.96. The van der Waals surface area contributed by atoms with Crippen LogP contribution < -0.4 is 16.4 Å². The summed E-state index contributed by atoms with van der Waals surface area (Å²) >= 11 is 0. The number of fused-ring (bicyclic) bond motifs is 4. The Hall–Kier alpha value is -3.62. The first-order chi connectivity index (χ1) is 20.7. The molecule has 5 aliphatic rings. The van der Waals surface area contributed by atoms with E-state index in [4.69, 9.17) is 10.7 Å². The molecule has 2 aliphatic carbocycles. The maximum absolute atomic E-state index is 13.3. The van der Waals surface area contributed by atoms with E-state index in [9.17, 15) is 4.79 Å². The fraction of sp³-hybridized carbons (Fsp3) is 0.486. The molecule has 0 spiro atoms. The number of H-pyrrole nitrogens is 1. The lowest BCUT2D eigenvalue weighted by Gasteiger charge is -2.41. The first-order valence-corrected chi connectivity index (χ1v) is 16.1. The molecular formula is C35H43N7O. The number of rotatable bonds is 6. The third kappa shape index (κ3) is 4.49. The van der Waals surface area contributed by atoms with Gasteiger partial charge in [-0.3, -0.25) is 9.69 Å². The highest BCUT2D eigenvalue weighted by Gasteiger charge is 2.53. The number of nitrogens with zero attached hydrogens (tertiary/aromatic N) is 3. The number of carbonyl (C=O) groups excluding carboxylic acids is 1. The average molecular weight is 578 g/mol. The van der Waals surface area contributed by atoms with Gasteiger partial charge < -0.3 is 26.3 Å². The number of hydrogen-bond acceptors (Lipinski definition) is 6. The highest BCUT2D eigenvalue weighted by Crippen LogP contribution is 2.49. The molecule has 43 heavy (non-hydrogen) atoms. The maximum Gasteiger partial charge on any atom is 0.242 e. The molecule has 1 amide bonds. The molecule has 2 saturated heterocycles. The second-order valence-corrected chi connectivity index (χ2v) is 14.2. The van der Waals surface area contributed by atoms with Gasteiger partial charge in [-0.25, -0.2) is 4.98 Å². The van der Waals surface area contributed by atoms with E-state index in [1.807, 2.05) is 20.0 Å². The molecule has 8 heteroatoms. The zero-order valence-corrected chi connectivity index (χ0v) is 25.4. The van der Waals surface area contributed by atoms with Crippen LogP contribution in [0.5, 0.6) is 0 Å². The van der Waals surface area contributed by atoms with E-state index in [1.54, 1.807) is 0 Å². The van der Waals surface area contributed by atoms with Crippen LogP contribution in [0.3, 0.4) is 0 Å². The van der Waals surface area contributed by atoms with Crippen molar-refractivity contribution in [2.75, 3.05) is 7.05 Å². The van der Waals surface area contributed by atoms with Gasteiger partial charge in [0.05, 0.1) is 35.2 Å². The SMILES string of the molecule is CN1C2CCC(C2)C1c1ncc(-c2ccc(-c3ccc(C4=CNC(C5C6CCC(C6)N5C(=O)C(C)(C)N)N4)cc3)cc2)[nH]1. The van der Waals surface area contributed by atoms with Crippen molar-refractivity contribution < 1.29 is 4.79 Å². The van der Waals surface area contributed by atoms with Crippen molar-refractivity contribution >= 4 is 11.6 Å². The van der Waals surface area contributed by atoms with E-state index < -0.39 is 5.54 Å². The predicted molar refractivity (Wildman–Crippen MR) is 169 cm³/mol. The van der Waals surface area contributed by atoms with Gasteiger partial charge >= 0.3 is 0 Å². The van der Waals surface area contributed by atoms with E-state index in [-0.39, 0.29) is 18.1 Å². The maximum atomic E-state index is 13.3. The van der Waals surface area contributed by atoms with Crippen LogP contribution in [0.25, 0.3) is 28.1 Å². The number of aromatic amines is 1. The Morgan fingerprint density at radius 1 is 0.884 bits per heavy atom. The Kier molecular flexibility index (Phi) is 6.25. The van der Waals surface area contributed by atoms with Crippen molar-refractivity contribution in [3.05, 3.63) is 72.3 Å². The minimum Gasteiger partial charge on any atom is -0.368 e. The number of hydrogen-bond donors (Lipinski definition) is 4. The van der Waals surface area contributed by atoms with Crippen LogP contribution in [0.4, 0.5) is 0 Å². The van der Waals surface area contributed by atoms with E-state index in [0.717, 1.165) is 53.1 Å². The zero-order chi connectivity index (χ0) is 29.5. The summed E-state index contributed by atoms with van der Waals surface area (Å²) in [5.41, 5.74) is 12.2. The van der Waals surface area contributed by atoms with Gasteiger partial charge in [0.25, 0.3) is 0 Å². The molecule has 4 heterocycles. The Labute approximate surface area is 254 Å². The normalized spacial score (nSPS) is 31.4. The van der Waals surface area contributed by atoms with E-state index >= 15 is 0 Å². The van der Waals surface area contributed by atoms with Gasteiger partial charge in [0.15, 0.2) is 0 Å². The number of amides is 1. The van der Waals surface area contributed by atoms with Crippen molar-refractivity contribution in [2.24, 2.45) is 17.6 Å². The summed E-state index contributed by atoms with van der Waals surface area (Å²) < 4.78 is 0. The zero-order valence-electron chi connectivity index (χ0n) is 25.4. The first-order valence-electron chi connectivity index (χ1n) is 16.1. The third-order valence-electron chi connectivity index (χ3n) is 11.0. The Bertz CT molecular complexity index is 1550. The molecule has 7 atom stereocenters. The summed E-state index contributed by atoms with van der Waals surface area (Å²) in [6.07, 6.45) is 11.3. The van der Waals surface area contributed by atoms with Crippen LogP contribution in [0.1, 0.15) is 69.8 Å². The number of likely N-dealkylation sites (tertiary alicyclic amines) is 2. The van der Waals surface area contributed by atoms with Gasteiger partial charge in [0.2, 0.25) is 5.91 Å². The second-order valence-electron chi connectivity index (χ2n) is 14.2. The largest absolute Gasteiger partial charge is 0.368 e. The van der Waals surface area contributed by atoms with Crippen LogP contribution >= 0.6 is 0 Å². The minimum atomic E-state index is -0.862. The van der Waals surface area contributed by atoms with E-state index in [1.165, 1.54) is 36.8 Å². The van der Waals surface area contributed by atoms with Crippen LogP contribution in [-0.2, 0) is 4.79 Å². The molecule has 1 aromatic heterocycles. The number of nitrogens with two attached hydrogens (primary N) is 1. The molecule has 3 aliphatic heterocycles. The fourth-order valence-electron chi connectivity index (χ4n) is 8.81. The summed E-state index contributed by atoms with van der Waals surface area (Å²) in [6, 6.07) is 19.0. The van der Waals surface area contributed by atoms with Gasteiger partial charge in [-0.15, -0.1) is 0 Å². The van der Waals surface area contributed by atoms with Gasteiger partial charge in [0.1, 0.15) is 12.0 Å². The van der Waals surface area contributed by atoms with Crippen LogP contribution in [0.2, 0.25) is 0 Å².